The highest BCUT2D eigenvalue weighted by molar-refractivity contribution is 7.98. The van der Waals surface area contributed by atoms with E-state index in [0.29, 0.717) is 0 Å². The van der Waals surface area contributed by atoms with Gasteiger partial charge in [-0.2, -0.15) is 0 Å². The molecule has 0 saturated heterocycles. The molecule has 0 fully saturated rings. The SMILES string of the molecule is C=CCC[C@@H](N)c1ccc(SC)cc1.Cl. The summed E-state index contributed by atoms with van der Waals surface area (Å²) in [5.74, 6) is 0. The zero-order valence-electron chi connectivity index (χ0n) is 8.98. The molecule has 0 spiro atoms. The molecule has 15 heavy (non-hydrogen) atoms. The average Bonchev–Trinajstić information content (AvgIpc) is 2.26. The van der Waals surface area contributed by atoms with Crippen LogP contribution in [0.3, 0.4) is 0 Å². The van der Waals surface area contributed by atoms with Crippen LogP contribution < -0.4 is 5.73 Å². The van der Waals surface area contributed by atoms with Crippen molar-refractivity contribution >= 4 is 24.2 Å². The van der Waals surface area contributed by atoms with Crippen LogP contribution in [0, 0.1) is 0 Å². The highest BCUT2D eigenvalue weighted by Gasteiger charge is 2.03. The first-order valence-electron chi connectivity index (χ1n) is 4.78. The van der Waals surface area contributed by atoms with Crippen LogP contribution in [0.25, 0.3) is 0 Å². The van der Waals surface area contributed by atoms with Crippen LogP contribution in [-0.4, -0.2) is 6.26 Å². The van der Waals surface area contributed by atoms with Crippen molar-refractivity contribution in [2.75, 3.05) is 6.26 Å². The molecule has 0 aromatic heterocycles. The molecule has 0 heterocycles. The zero-order chi connectivity index (χ0) is 10.4. The van der Waals surface area contributed by atoms with Crippen molar-refractivity contribution in [1.29, 1.82) is 0 Å². The lowest BCUT2D eigenvalue weighted by molar-refractivity contribution is 0.661. The first-order chi connectivity index (χ1) is 6.77. The Balaban J connectivity index is 0.00000196. The largest absolute Gasteiger partial charge is 0.324 e. The number of hydrogen-bond donors (Lipinski definition) is 1. The molecule has 0 unspecified atom stereocenters. The van der Waals surface area contributed by atoms with E-state index >= 15 is 0 Å². The van der Waals surface area contributed by atoms with Gasteiger partial charge in [-0.15, -0.1) is 30.7 Å². The topological polar surface area (TPSA) is 26.0 Å². The van der Waals surface area contributed by atoms with Crippen LogP contribution in [-0.2, 0) is 0 Å². The van der Waals surface area contributed by atoms with Crippen molar-refractivity contribution in [3.8, 4) is 0 Å². The molecule has 1 rings (SSSR count). The van der Waals surface area contributed by atoms with E-state index in [9.17, 15) is 0 Å². The Morgan fingerprint density at radius 1 is 1.40 bits per heavy atom. The van der Waals surface area contributed by atoms with Crippen LogP contribution in [0.5, 0.6) is 0 Å². The molecule has 1 aromatic rings. The van der Waals surface area contributed by atoms with Gasteiger partial charge < -0.3 is 5.73 Å². The monoisotopic (exact) mass is 243 g/mol. The smallest absolute Gasteiger partial charge is 0.0297 e. The van der Waals surface area contributed by atoms with Gasteiger partial charge in [0.15, 0.2) is 0 Å². The standard InChI is InChI=1S/C12H17NS.ClH/c1-3-4-5-12(13)10-6-8-11(14-2)9-7-10;/h3,6-9,12H,1,4-5,13H2,2H3;1H/t12-;/m1./s1. The van der Waals surface area contributed by atoms with Crippen molar-refractivity contribution in [1.82, 2.24) is 0 Å². The molecule has 0 aliphatic carbocycles. The van der Waals surface area contributed by atoms with Gasteiger partial charge in [0.05, 0.1) is 0 Å². The first kappa shape index (κ1) is 14.6. The summed E-state index contributed by atoms with van der Waals surface area (Å²) in [4.78, 5) is 1.28. The molecule has 1 aromatic carbocycles. The molecular weight excluding hydrogens is 226 g/mol. The highest BCUT2D eigenvalue weighted by atomic mass is 35.5. The van der Waals surface area contributed by atoms with Crippen molar-refractivity contribution in [3.05, 3.63) is 42.5 Å². The maximum absolute atomic E-state index is 6.02. The third-order valence-electron chi connectivity index (χ3n) is 2.23. The average molecular weight is 244 g/mol. The Bertz CT molecular complexity index is 284. The Labute approximate surface area is 103 Å². The van der Waals surface area contributed by atoms with Crippen LogP contribution in [0.15, 0.2) is 41.8 Å². The minimum Gasteiger partial charge on any atom is -0.324 e. The molecule has 0 bridgehead atoms. The van der Waals surface area contributed by atoms with Gasteiger partial charge in [0.2, 0.25) is 0 Å². The number of hydrogen-bond acceptors (Lipinski definition) is 2. The van der Waals surface area contributed by atoms with Crippen molar-refractivity contribution in [2.24, 2.45) is 5.73 Å². The lowest BCUT2D eigenvalue weighted by Crippen LogP contribution is -2.09. The number of thioether (sulfide) groups is 1. The third kappa shape index (κ3) is 4.74. The van der Waals surface area contributed by atoms with Gasteiger partial charge in [0.25, 0.3) is 0 Å². The van der Waals surface area contributed by atoms with E-state index in [1.165, 1.54) is 10.5 Å². The Kier molecular flexibility index (Phi) is 7.57. The summed E-state index contributed by atoms with van der Waals surface area (Å²) in [5.41, 5.74) is 7.23. The molecule has 0 saturated carbocycles. The second kappa shape index (κ2) is 7.80. The van der Waals surface area contributed by atoms with E-state index < -0.39 is 0 Å². The second-order valence-electron chi connectivity index (χ2n) is 3.25. The zero-order valence-corrected chi connectivity index (χ0v) is 10.6. The summed E-state index contributed by atoms with van der Waals surface area (Å²) in [6, 6.07) is 8.60. The molecular formula is C12H18ClNS. The van der Waals surface area contributed by atoms with Gasteiger partial charge in [-0.3, -0.25) is 0 Å². The molecule has 1 atom stereocenters. The molecule has 84 valence electrons. The third-order valence-corrected chi connectivity index (χ3v) is 2.97. The summed E-state index contributed by atoms with van der Waals surface area (Å²) < 4.78 is 0. The van der Waals surface area contributed by atoms with Crippen molar-refractivity contribution in [2.45, 2.75) is 23.8 Å². The van der Waals surface area contributed by atoms with Gasteiger partial charge in [0, 0.05) is 10.9 Å². The summed E-state index contributed by atoms with van der Waals surface area (Å²) in [7, 11) is 0. The fourth-order valence-electron chi connectivity index (χ4n) is 1.32. The number of halogens is 1. The fraction of sp³-hybridized carbons (Fsp3) is 0.333. The van der Waals surface area contributed by atoms with E-state index in [2.05, 4.69) is 37.1 Å². The maximum Gasteiger partial charge on any atom is 0.0297 e. The Hall–Kier alpha value is -0.440. The molecule has 0 radical (unpaired) electrons. The van der Waals surface area contributed by atoms with Gasteiger partial charge in [-0.1, -0.05) is 18.2 Å². The fourth-order valence-corrected chi connectivity index (χ4v) is 1.72. The van der Waals surface area contributed by atoms with E-state index in [4.69, 9.17) is 5.73 Å². The molecule has 0 amide bonds. The molecule has 0 aliphatic heterocycles. The predicted octanol–water partition coefficient (Wildman–Crippen LogP) is 3.80. The quantitative estimate of drug-likeness (QED) is 0.629. The molecule has 0 aliphatic rings. The van der Waals surface area contributed by atoms with Crippen LogP contribution in [0.2, 0.25) is 0 Å². The molecule has 1 nitrogen and oxygen atoms in total. The van der Waals surface area contributed by atoms with Gasteiger partial charge in [0.1, 0.15) is 0 Å². The molecule has 3 heteroatoms. The van der Waals surface area contributed by atoms with Crippen molar-refractivity contribution in [3.63, 3.8) is 0 Å². The minimum absolute atomic E-state index is 0. The predicted molar refractivity (Wildman–Crippen MR) is 71.8 cm³/mol. The normalized spacial score (nSPS) is 11.6. The number of rotatable bonds is 5. The van der Waals surface area contributed by atoms with Crippen LogP contribution in [0.4, 0.5) is 0 Å². The van der Waals surface area contributed by atoms with E-state index in [1.807, 2.05) is 6.08 Å². The van der Waals surface area contributed by atoms with Crippen molar-refractivity contribution < 1.29 is 0 Å². The lowest BCUT2D eigenvalue weighted by atomic mass is 10.0. The van der Waals surface area contributed by atoms with Gasteiger partial charge in [-0.25, -0.2) is 0 Å². The summed E-state index contributed by atoms with van der Waals surface area (Å²) in [6.07, 6.45) is 5.94. The highest BCUT2D eigenvalue weighted by Crippen LogP contribution is 2.20. The summed E-state index contributed by atoms with van der Waals surface area (Å²) >= 11 is 1.75. The summed E-state index contributed by atoms with van der Waals surface area (Å²) in [6.45, 7) is 3.69. The van der Waals surface area contributed by atoms with E-state index in [0.717, 1.165) is 12.8 Å². The minimum atomic E-state index is 0. The lowest BCUT2D eigenvalue weighted by Gasteiger charge is -2.10. The number of benzene rings is 1. The Morgan fingerprint density at radius 3 is 2.47 bits per heavy atom. The summed E-state index contributed by atoms with van der Waals surface area (Å²) in [5, 5.41) is 0. The molecule has 2 N–H and O–H groups in total. The van der Waals surface area contributed by atoms with E-state index in [-0.39, 0.29) is 18.4 Å². The Morgan fingerprint density at radius 2 is 2.00 bits per heavy atom. The number of nitrogens with two attached hydrogens (primary N) is 1. The van der Waals surface area contributed by atoms with Gasteiger partial charge >= 0.3 is 0 Å². The van der Waals surface area contributed by atoms with E-state index in [1.54, 1.807) is 11.8 Å². The van der Waals surface area contributed by atoms with Crippen LogP contribution >= 0.6 is 24.2 Å². The number of allylic oxidation sites excluding steroid dienone is 1. The van der Waals surface area contributed by atoms with Crippen LogP contribution in [0.1, 0.15) is 24.4 Å². The van der Waals surface area contributed by atoms with Gasteiger partial charge in [-0.05, 0) is 36.8 Å². The maximum atomic E-state index is 6.02. The first-order valence-corrected chi connectivity index (χ1v) is 6.01. The second-order valence-corrected chi connectivity index (χ2v) is 4.13.